The van der Waals surface area contributed by atoms with E-state index in [1.54, 1.807) is 11.3 Å². The molecule has 0 bridgehead atoms. The zero-order chi connectivity index (χ0) is 16.5. The summed E-state index contributed by atoms with van der Waals surface area (Å²) in [6.45, 7) is 10.8. The van der Waals surface area contributed by atoms with Crippen molar-refractivity contribution in [2.45, 2.75) is 44.9 Å². The number of aryl methyl sites for hydroxylation is 1. The van der Waals surface area contributed by atoms with Gasteiger partial charge in [0.25, 0.3) is 0 Å². The average molecular weight is 483 g/mol. The van der Waals surface area contributed by atoms with E-state index >= 15 is 0 Å². The number of hydrogen-bond acceptors (Lipinski definition) is 4. The molecule has 2 N–H and O–H groups in total. The van der Waals surface area contributed by atoms with E-state index in [-0.39, 0.29) is 28.7 Å². The van der Waals surface area contributed by atoms with Crippen LogP contribution in [0.4, 0.5) is 0 Å². The predicted octanol–water partition coefficient (Wildman–Crippen LogP) is 4.03. The highest BCUT2D eigenvalue weighted by Crippen LogP contribution is 2.34. The predicted molar refractivity (Wildman–Crippen MR) is 118 cm³/mol. The molecule has 1 aliphatic rings. The second-order valence-electron chi connectivity index (χ2n) is 5.80. The Kier molecular flexibility index (Phi) is 10.7. The molecule has 1 aliphatic heterocycles. The lowest BCUT2D eigenvalue weighted by Crippen LogP contribution is -2.48. The summed E-state index contributed by atoms with van der Waals surface area (Å²) in [5, 5.41) is 9.07. The van der Waals surface area contributed by atoms with Gasteiger partial charge in [-0.3, -0.25) is 0 Å². The summed E-state index contributed by atoms with van der Waals surface area (Å²) < 4.78 is 5.83. The Balaban J connectivity index is 0.00000288. The Morgan fingerprint density at radius 2 is 2.08 bits per heavy atom. The topological polar surface area (TPSA) is 45.7 Å². The summed E-state index contributed by atoms with van der Waals surface area (Å²) in [5.74, 6) is 2.06. The number of thiophene rings is 1. The van der Waals surface area contributed by atoms with Gasteiger partial charge in [-0.25, -0.2) is 4.99 Å². The minimum absolute atomic E-state index is 0. The highest BCUT2D eigenvalue weighted by molar-refractivity contribution is 14.0. The Hall–Kier alpha value is 0.01000. The van der Waals surface area contributed by atoms with Gasteiger partial charge >= 0.3 is 0 Å². The van der Waals surface area contributed by atoms with E-state index in [1.165, 1.54) is 10.4 Å². The fourth-order valence-corrected chi connectivity index (χ4v) is 4.80. The lowest BCUT2D eigenvalue weighted by molar-refractivity contribution is 0.0782. The molecule has 138 valence electrons. The van der Waals surface area contributed by atoms with E-state index < -0.39 is 0 Å². The quantitative estimate of drug-likeness (QED) is 0.349. The lowest BCUT2D eigenvalue weighted by Gasteiger charge is -2.37. The number of ether oxygens (including phenoxy) is 1. The van der Waals surface area contributed by atoms with E-state index in [0.29, 0.717) is 0 Å². The monoisotopic (exact) mass is 483 g/mol. The van der Waals surface area contributed by atoms with Crippen LogP contribution in [0.5, 0.6) is 0 Å². The molecular formula is C17H30IN3OS2. The summed E-state index contributed by atoms with van der Waals surface area (Å²) >= 11 is 3.83. The summed E-state index contributed by atoms with van der Waals surface area (Å²) in [4.78, 5) is 6.10. The van der Waals surface area contributed by atoms with Crippen molar-refractivity contribution in [2.24, 2.45) is 4.99 Å². The molecule has 24 heavy (non-hydrogen) atoms. The van der Waals surface area contributed by atoms with Gasteiger partial charge in [0.05, 0.1) is 6.54 Å². The van der Waals surface area contributed by atoms with Gasteiger partial charge in [0.2, 0.25) is 0 Å². The Bertz CT molecular complexity index is 496. The van der Waals surface area contributed by atoms with Crippen LogP contribution in [0, 0.1) is 6.92 Å². The first-order valence-corrected chi connectivity index (χ1v) is 10.3. The molecule has 1 saturated heterocycles. The number of nitrogens with zero attached hydrogens (tertiary/aromatic N) is 1. The second kappa shape index (κ2) is 11.6. The first kappa shape index (κ1) is 22.1. The zero-order valence-corrected chi connectivity index (χ0v) is 18.9. The van der Waals surface area contributed by atoms with Gasteiger partial charge in [-0.05, 0) is 49.5 Å². The first-order valence-electron chi connectivity index (χ1n) is 8.46. The summed E-state index contributed by atoms with van der Waals surface area (Å²) in [7, 11) is 0. The number of hydrogen-bond donors (Lipinski definition) is 2. The first-order chi connectivity index (χ1) is 11.2. The van der Waals surface area contributed by atoms with Crippen LogP contribution in [0.15, 0.2) is 16.4 Å². The molecule has 1 aromatic heterocycles. The molecule has 2 rings (SSSR count). The van der Waals surface area contributed by atoms with Crippen LogP contribution in [0.25, 0.3) is 0 Å². The molecule has 2 heterocycles. The normalized spacial score (nSPS) is 17.2. The Morgan fingerprint density at radius 3 is 2.67 bits per heavy atom. The van der Waals surface area contributed by atoms with Gasteiger partial charge in [-0.15, -0.1) is 35.3 Å². The molecule has 0 aromatic carbocycles. The second-order valence-corrected chi connectivity index (χ2v) is 8.54. The Morgan fingerprint density at radius 1 is 1.33 bits per heavy atom. The molecule has 0 aliphatic carbocycles. The van der Waals surface area contributed by atoms with Gasteiger partial charge < -0.3 is 15.4 Å². The van der Waals surface area contributed by atoms with E-state index in [1.807, 2.05) is 0 Å². The zero-order valence-electron chi connectivity index (χ0n) is 14.9. The average Bonchev–Trinajstić information content (AvgIpc) is 2.96. The number of thioether (sulfide) groups is 1. The molecule has 0 unspecified atom stereocenters. The number of rotatable bonds is 7. The van der Waals surface area contributed by atoms with Crippen LogP contribution < -0.4 is 10.6 Å². The lowest BCUT2D eigenvalue weighted by atomic mass is 9.99. The van der Waals surface area contributed by atoms with Crippen molar-refractivity contribution >= 4 is 53.0 Å². The number of aliphatic imine (C=N–C) groups is 1. The number of nitrogens with one attached hydrogen (secondary N) is 2. The maximum Gasteiger partial charge on any atom is 0.191 e. The van der Waals surface area contributed by atoms with Crippen molar-refractivity contribution in [1.82, 2.24) is 10.6 Å². The van der Waals surface area contributed by atoms with Gasteiger partial charge in [0, 0.05) is 35.9 Å². The summed E-state index contributed by atoms with van der Waals surface area (Å²) in [6, 6.07) is 2.16. The SMILES string of the molecule is CCNC(=NCc1sccc1C)NCC1(SCC)CCOCC1.I. The highest BCUT2D eigenvalue weighted by Gasteiger charge is 2.32. The van der Waals surface area contributed by atoms with Crippen LogP contribution in [0.3, 0.4) is 0 Å². The standard InChI is InChI=1S/C17H29N3OS2.HI/c1-4-18-16(19-12-15-14(3)6-11-22-15)20-13-17(23-5-2)7-9-21-10-8-17;/h6,11H,4-5,7-10,12-13H2,1-3H3,(H2,18,19,20);1H. The smallest absolute Gasteiger partial charge is 0.191 e. The molecule has 0 atom stereocenters. The maximum absolute atomic E-state index is 5.55. The van der Waals surface area contributed by atoms with Gasteiger partial charge in [-0.1, -0.05) is 6.92 Å². The summed E-state index contributed by atoms with van der Waals surface area (Å²) in [6.07, 6.45) is 2.23. The number of guanidine groups is 1. The van der Waals surface area contributed by atoms with Gasteiger partial charge in [-0.2, -0.15) is 11.8 Å². The van der Waals surface area contributed by atoms with Gasteiger partial charge in [0.1, 0.15) is 0 Å². The Labute approximate surface area is 171 Å². The third-order valence-electron chi connectivity index (χ3n) is 4.13. The molecule has 4 nitrogen and oxygen atoms in total. The molecule has 0 amide bonds. The van der Waals surface area contributed by atoms with E-state index in [9.17, 15) is 0 Å². The molecule has 1 fully saturated rings. The molecule has 1 aromatic rings. The van der Waals surface area contributed by atoms with Crippen molar-refractivity contribution < 1.29 is 4.74 Å². The van der Waals surface area contributed by atoms with Crippen molar-refractivity contribution in [3.63, 3.8) is 0 Å². The van der Waals surface area contributed by atoms with Crippen LogP contribution >= 0.6 is 47.1 Å². The van der Waals surface area contributed by atoms with Crippen LogP contribution in [-0.4, -0.2) is 42.8 Å². The molecule has 0 saturated carbocycles. The third-order valence-corrected chi connectivity index (χ3v) is 6.59. The van der Waals surface area contributed by atoms with Crippen molar-refractivity contribution in [2.75, 3.05) is 32.1 Å². The third kappa shape index (κ3) is 6.72. The van der Waals surface area contributed by atoms with Gasteiger partial charge in [0.15, 0.2) is 5.96 Å². The van der Waals surface area contributed by atoms with Crippen molar-refractivity contribution in [3.05, 3.63) is 21.9 Å². The minimum Gasteiger partial charge on any atom is -0.381 e. The van der Waals surface area contributed by atoms with E-state index in [0.717, 1.165) is 57.4 Å². The minimum atomic E-state index is 0. The maximum atomic E-state index is 5.55. The highest BCUT2D eigenvalue weighted by atomic mass is 127. The van der Waals surface area contributed by atoms with E-state index in [2.05, 4.69) is 54.6 Å². The van der Waals surface area contributed by atoms with Crippen LogP contribution in [-0.2, 0) is 11.3 Å². The fourth-order valence-electron chi connectivity index (χ4n) is 2.73. The van der Waals surface area contributed by atoms with Crippen molar-refractivity contribution in [3.8, 4) is 0 Å². The fraction of sp³-hybridized carbons (Fsp3) is 0.706. The molecule has 0 radical (unpaired) electrons. The number of halogens is 1. The molecule has 7 heteroatoms. The molecule has 0 spiro atoms. The van der Waals surface area contributed by atoms with E-state index in [4.69, 9.17) is 9.73 Å². The molecular weight excluding hydrogens is 453 g/mol. The largest absolute Gasteiger partial charge is 0.381 e. The van der Waals surface area contributed by atoms with Crippen LogP contribution in [0.2, 0.25) is 0 Å². The van der Waals surface area contributed by atoms with Crippen LogP contribution in [0.1, 0.15) is 37.1 Å². The van der Waals surface area contributed by atoms with Crippen molar-refractivity contribution in [1.29, 1.82) is 0 Å². The summed E-state index contributed by atoms with van der Waals surface area (Å²) in [5.41, 5.74) is 1.33.